The molecule has 0 aliphatic rings. The molecule has 0 aliphatic carbocycles. The highest BCUT2D eigenvalue weighted by atomic mass is 16.3. The van der Waals surface area contributed by atoms with Crippen LogP contribution in [0.25, 0.3) is 11.3 Å². The van der Waals surface area contributed by atoms with Crippen molar-refractivity contribution in [3.63, 3.8) is 0 Å². The Labute approximate surface area is 136 Å². The van der Waals surface area contributed by atoms with E-state index in [-0.39, 0.29) is 0 Å². The molecule has 23 heavy (non-hydrogen) atoms. The second kappa shape index (κ2) is 7.27. The fraction of sp³-hybridized carbons (Fsp3) is 0.200. The first-order valence-electron chi connectivity index (χ1n) is 7.84. The fourth-order valence-corrected chi connectivity index (χ4v) is 2.48. The van der Waals surface area contributed by atoms with Gasteiger partial charge in [0.2, 0.25) is 0 Å². The summed E-state index contributed by atoms with van der Waals surface area (Å²) in [6.07, 6.45) is -0.446. The standard InChI is InChI=1S/C20H21NO2/c1-15(22)17-7-9-18(10-8-17)20-12-11-19(23-20)14-21-13-16-5-3-2-4-6-16/h2-12,15,21-22H,13-14H2,1H3/t15-/m1/s1. The minimum absolute atomic E-state index is 0.446. The third-order valence-corrected chi connectivity index (χ3v) is 3.81. The quantitative estimate of drug-likeness (QED) is 0.714. The molecule has 3 rings (SSSR count). The highest BCUT2D eigenvalue weighted by Crippen LogP contribution is 2.24. The molecule has 3 aromatic rings. The lowest BCUT2D eigenvalue weighted by molar-refractivity contribution is 0.199. The second-order valence-electron chi connectivity index (χ2n) is 5.65. The monoisotopic (exact) mass is 307 g/mol. The summed E-state index contributed by atoms with van der Waals surface area (Å²) in [5, 5.41) is 12.9. The summed E-state index contributed by atoms with van der Waals surface area (Å²) in [7, 11) is 0. The Hall–Kier alpha value is -2.36. The Bertz CT molecular complexity index is 730. The van der Waals surface area contributed by atoms with E-state index in [0.29, 0.717) is 6.54 Å². The van der Waals surface area contributed by atoms with Gasteiger partial charge in [-0.1, -0.05) is 54.6 Å². The first-order valence-corrected chi connectivity index (χ1v) is 7.84. The first kappa shape index (κ1) is 15.5. The SMILES string of the molecule is C[C@@H](O)c1ccc(-c2ccc(CNCc3ccccc3)o2)cc1. The number of rotatable bonds is 6. The number of hydrogen-bond acceptors (Lipinski definition) is 3. The van der Waals surface area contributed by atoms with Crippen LogP contribution in [0.3, 0.4) is 0 Å². The number of furan rings is 1. The average molecular weight is 307 g/mol. The zero-order chi connectivity index (χ0) is 16.1. The number of nitrogens with one attached hydrogen (secondary N) is 1. The molecule has 118 valence electrons. The Morgan fingerprint density at radius 2 is 1.65 bits per heavy atom. The van der Waals surface area contributed by atoms with Crippen molar-refractivity contribution in [2.75, 3.05) is 0 Å². The van der Waals surface area contributed by atoms with Crippen LogP contribution in [0.4, 0.5) is 0 Å². The highest BCUT2D eigenvalue weighted by molar-refractivity contribution is 5.58. The lowest BCUT2D eigenvalue weighted by Gasteiger charge is -2.05. The van der Waals surface area contributed by atoms with Gasteiger partial charge in [0.05, 0.1) is 12.6 Å². The van der Waals surface area contributed by atoms with Gasteiger partial charge < -0.3 is 14.8 Å². The number of aliphatic hydroxyl groups excluding tert-OH is 1. The van der Waals surface area contributed by atoms with Gasteiger partial charge in [0.15, 0.2) is 0 Å². The van der Waals surface area contributed by atoms with Gasteiger partial charge in [-0.2, -0.15) is 0 Å². The van der Waals surface area contributed by atoms with Crippen LogP contribution >= 0.6 is 0 Å². The Morgan fingerprint density at radius 3 is 2.35 bits per heavy atom. The molecular weight excluding hydrogens is 286 g/mol. The van der Waals surface area contributed by atoms with E-state index in [0.717, 1.165) is 29.2 Å². The summed E-state index contributed by atoms with van der Waals surface area (Å²) in [5.74, 6) is 1.76. The molecule has 0 radical (unpaired) electrons. The highest BCUT2D eigenvalue weighted by Gasteiger charge is 2.06. The van der Waals surface area contributed by atoms with Crippen LogP contribution in [-0.2, 0) is 13.1 Å². The van der Waals surface area contributed by atoms with Crippen LogP contribution in [0.15, 0.2) is 71.1 Å². The summed E-state index contributed by atoms with van der Waals surface area (Å²) < 4.78 is 5.88. The Kier molecular flexibility index (Phi) is 4.91. The molecule has 0 bridgehead atoms. The van der Waals surface area contributed by atoms with Crippen LogP contribution < -0.4 is 5.32 Å². The van der Waals surface area contributed by atoms with Crippen LogP contribution in [-0.4, -0.2) is 5.11 Å². The topological polar surface area (TPSA) is 45.4 Å². The third kappa shape index (κ3) is 4.09. The molecule has 0 unspecified atom stereocenters. The van der Waals surface area contributed by atoms with Gasteiger partial charge in [-0.05, 0) is 30.2 Å². The smallest absolute Gasteiger partial charge is 0.134 e. The molecular formula is C20H21NO2. The summed E-state index contributed by atoms with van der Waals surface area (Å²) in [5.41, 5.74) is 3.18. The van der Waals surface area contributed by atoms with Gasteiger partial charge in [-0.25, -0.2) is 0 Å². The minimum Gasteiger partial charge on any atom is -0.460 e. The molecule has 3 heteroatoms. The molecule has 0 spiro atoms. The summed E-state index contributed by atoms with van der Waals surface area (Å²) in [6.45, 7) is 3.28. The van der Waals surface area contributed by atoms with Crippen molar-refractivity contribution in [3.8, 4) is 11.3 Å². The molecule has 0 aliphatic heterocycles. The zero-order valence-corrected chi connectivity index (χ0v) is 13.2. The van der Waals surface area contributed by atoms with Crippen LogP contribution in [0, 0.1) is 0 Å². The van der Waals surface area contributed by atoms with Crippen molar-refractivity contribution in [1.82, 2.24) is 5.32 Å². The molecule has 1 aromatic heterocycles. The molecule has 1 heterocycles. The van der Waals surface area contributed by atoms with Crippen LogP contribution in [0.5, 0.6) is 0 Å². The molecule has 3 nitrogen and oxygen atoms in total. The van der Waals surface area contributed by atoms with Crippen molar-refractivity contribution in [2.45, 2.75) is 26.1 Å². The number of aliphatic hydroxyl groups is 1. The number of hydrogen-bond donors (Lipinski definition) is 2. The summed E-state index contributed by atoms with van der Waals surface area (Å²) in [6, 6.07) is 22.1. The first-order chi connectivity index (χ1) is 11.2. The van der Waals surface area contributed by atoms with E-state index in [1.54, 1.807) is 6.92 Å². The predicted octanol–water partition coefficient (Wildman–Crippen LogP) is 4.29. The van der Waals surface area contributed by atoms with E-state index in [1.165, 1.54) is 5.56 Å². The maximum Gasteiger partial charge on any atom is 0.134 e. The molecule has 2 aromatic carbocycles. The van der Waals surface area contributed by atoms with Crippen LogP contribution in [0.2, 0.25) is 0 Å². The molecule has 0 saturated carbocycles. The molecule has 0 fully saturated rings. The van der Waals surface area contributed by atoms with Gasteiger partial charge >= 0.3 is 0 Å². The van der Waals surface area contributed by atoms with Gasteiger partial charge in [-0.15, -0.1) is 0 Å². The van der Waals surface area contributed by atoms with E-state index in [4.69, 9.17) is 4.42 Å². The fourth-order valence-electron chi connectivity index (χ4n) is 2.48. The molecule has 2 N–H and O–H groups in total. The van der Waals surface area contributed by atoms with E-state index in [9.17, 15) is 5.11 Å². The van der Waals surface area contributed by atoms with Gasteiger partial charge in [0, 0.05) is 12.1 Å². The summed E-state index contributed by atoms with van der Waals surface area (Å²) >= 11 is 0. The van der Waals surface area contributed by atoms with Crippen molar-refractivity contribution >= 4 is 0 Å². The largest absolute Gasteiger partial charge is 0.460 e. The van der Waals surface area contributed by atoms with Gasteiger partial charge in [0.1, 0.15) is 11.5 Å². The van der Waals surface area contributed by atoms with Crippen molar-refractivity contribution in [1.29, 1.82) is 0 Å². The van der Waals surface area contributed by atoms with Gasteiger partial charge in [-0.3, -0.25) is 0 Å². The van der Waals surface area contributed by atoms with E-state index < -0.39 is 6.10 Å². The zero-order valence-electron chi connectivity index (χ0n) is 13.2. The molecule has 0 saturated heterocycles. The Balaban J connectivity index is 1.59. The van der Waals surface area contributed by atoms with E-state index >= 15 is 0 Å². The maximum absolute atomic E-state index is 9.55. The van der Waals surface area contributed by atoms with E-state index in [1.807, 2.05) is 54.6 Å². The Morgan fingerprint density at radius 1 is 0.913 bits per heavy atom. The predicted molar refractivity (Wildman–Crippen MR) is 91.8 cm³/mol. The lowest BCUT2D eigenvalue weighted by Crippen LogP contribution is -2.11. The van der Waals surface area contributed by atoms with Crippen molar-refractivity contribution in [3.05, 3.63) is 83.6 Å². The second-order valence-corrected chi connectivity index (χ2v) is 5.65. The van der Waals surface area contributed by atoms with Crippen molar-refractivity contribution in [2.24, 2.45) is 0 Å². The maximum atomic E-state index is 9.55. The average Bonchev–Trinajstić information content (AvgIpc) is 3.05. The normalized spacial score (nSPS) is 12.3. The van der Waals surface area contributed by atoms with Crippen LogP contribution in [0.1, 0.15) is 29.9 Å². The lowest BCUT2D eigenvalue weighted by atomic mass is 10.1. The summed E-state index contributed by atoms with van der Waals surface area (Å²) in [4.78, 5) is 0. The number of benzene rings is 2. The minimum atomic E-state index is -0.446. The van der Waals surface area contributed by atoms with Gasteiger partial charge in [0.25, 0.3) is 0 Å². The molecule has 1 atom stereocenters. The van der Waals surface area contributed by atoms with Crippen molar-refractivity contribution < 1.29 is 9.52 Å². The van der Waals surface area contributed by atoms with E-state index in [2.05, 4.69) is 17.4 Å². The molecule has 0 amide bonds. The third-order valence-electron chi connectivity index (χ3n) is 3.81.